The fourth-order valence-electron chi connectivity index (χ4n) is 3.73. The van der Waals surface area contributed by atoms with E-state index in [1.54, 1.807) is 7.11 Å². The predicted octanol–water partition coefficient (Wildman–Crippen LogP) is 4.13. The monoisotopic (exact) mass is 293 g/mol. The van der Waals surface area contributed by atoms with Crippen LogP contribution in [0.4, 0.5) is 4.39 Å². The van der Waals surface area contributed by atoms with Gasteiger partial charge in [-0.2, -0.15) is 0 Å². The summed E-state index contributed by atoms with van der Waals surface area (Å²) in [5, 5.41) is 3.43. The van der Waals surface area contributed by atoms with Crippen molar-refractivity contribution in [3.63, 3.8) is 0 Å². The molecule has 2 rings (SSSR count). The van der Waals surface area contributed by atoms with Crippen molar-refractivity contribution in [1.82, 2.24) is 5.32 Å². The quantitative estimate of drug-likeness (QED) is 0.901. The van der Waals surface area contributed by atoms with Crippen LogP contribution in [-0.2, 0) is 6.42 Å². The summed E-state index contributed by atoms with van der Waals surface area (Å²) in [7, 11) is 1.67. The lowest BCUT2D eigenvalue weighted by atomic mass is 9.72. The van der Waals surface area contributed by atoms with Crippen molar-refractivity contribution in [3.05, 3.63) is 29.8 Å². The van der Waals surface area contributed by atoms with E-state index in [4.69, 9.17) is 4.74 Å². The van der Waals surface area contributed by atoms with Gasteiger partial charge in [0.05, 0.1) is 7.11 Å². The highest BCUT2D eigenvalue weighted by molar-refractivity contribution is 5.27. The number of hydrogen-bond donors (Lipinski definition) is 1. The van der Waals surface area contributed by atoms with E-state index in [0.29, 0.717) is 0 Å². The predicted molar refractivity (Wildman–Crippen MR) is 85.6 cm³/mol. The normalized spacial score (nSPS) is 27.3. The van der Waals surface area contributed by atoms with Crippen LogP contribution in [0.25, 0.3) is 0 Å². The molecule has 1 heterocycles. The summed E-state index contributed by atoms with van der Waals surface area (Å²) in [5.74, 6) is 0.976. The summed E-state index contributed by atoms with van der Waals surface area (Å²) in [4.78, 5) is 0. The van der Waals surface area contributed by atoms with Crippen LogP contribution < -0.4 is 10.1 Å². The molecule has 1 aromatic rings. The van der Waals surface area contributed by atoms with Gasteiger partial charge in [-0.25, -0.2) is 4.39 Å². The first-order valence-electron chi connectivity index (χ1n) is 7.80. The first kappa shape index (κ1) is 16.3. The molecule has 0 aliphatic carbocycles. The van der Waals surface area contributed by atoms with E-state index in [1.807, 2.05) is 26.0 Å². The zero-order valence-corrected chi connectivity index (χ0v) is 13.9. The minimum Gasteiger partial charge on any atom is -0.497 e. The second kappa shape index (κ2) is 5.96. The molecule has 0 amide bonds. The van der Waals surface area contributed by atoms with Crippen molar-refractivity contribution in [2.75, 3.05) is 7.11 Å². The second-order valence-corrected chi connectivity index (χ2v) is 7.48. The molecule has 1 saturated heterocycles. The number of methoxy groups -OCH3 is 1. The molecule has 118 valence electrons. The van der Waals surface area contributed by atoms with Gasteiger partial charge in [0.15, 0.2) is 0 Å². The molecule has 1 aromatic carbocycles. The Kier molecular flexibility index (Phi) is 4.62. The number of rotatable bonds is 4. The van der Waals surface area contributed by atoms with Crippen molar-refractivity contribution >= 4 is 0 Å². The van der Waals surface area contributed by atoms with Crippen molar-refractivity contribution in [2.45, 2.75) is 64.2 Å². The lowest BCUT2D eigenvalue weighted by Crippen LogP contribution is -2.64. The average molecular weight is 293 g/mol. The molecule has 0 unspecified atom stereocenters. The topological polar surface area (TPSA) is 21.3 Å². The standard InChI is InChI=1S/C18H28FNO/c1-17(2)12-14(16(19)18(3,4)20-17)9-6-13-7-10-15(21-5)11-8-13/h7-8,10-11,14,16,20H,6,9,12H2,1-5H3/t14-,16-/m0/s1. The zero-order chi connectivity index (χ0) is 15.7. The van der Waals surface area contributed by atoms with E-state index in [9.17, 15) is 4.39 Å². The molecular formula is C18H28FNO. The molecule has 1 N–H and O–H groups in total. The van der Waals surface area contributed by atoms with Crippen molar-refractivity contribution < 1.29 is 9.13 Å². The first-order valence-corrected chi connectivity index (χ1v) is 7.80. The van der Waals surface area contributed by atoms with Gasteiger partial charge in [0.1, 0.15) is 11.9 Å². The van der Waals surface area contributed by atoms with Gasteiger partial charge < -0.3 is 10.1 Å². The van der Waals surface area contributed by atoms with E-state index in [1.165, 1.54) is 5.56 Å². The number of benzene rings is 1. The molecule has 1 fully saturated rings. The molecule has 0 radical (unpaired) electrons. The third kappa shape index (κ3) is 3.97. The van der Waals surface area contributed by atoms with Crippen LogP contribution in [-0.4, -0.2) is 24.4 Å². The zero-order valence-electron chi connectivity index (χ0n) is 13.9. The van der Waals surface area contributed by atoms with Crippen molar-refractivity contribution in [1.29, 1.82) is 0 Å². The minimum atomic E-state index is -0.802. The Bertz CT molecular complexity index is 467. The highest BCUT2D eigenvalue weighted by atomic mass is 19.1. The summed E-state index contributed by atoms with van der Waals surface area (Å²) >= 11 is 0. The number of piperidine rings is 1. The fourth-order valence-corrected chi connectivity index (χ4v) is 3.73. The largest absolute Gasteiger partial charge is 0.497 e. The Morgan fingerprint density at radius 2 is 1.81 bits per heavy atom. The Morgan fingerprint density at radius 1 is 1.19 bits per heavy atom. The summed E-state index contributed by atoms with van der Waals surface area (Å²) in [6.07, 6.45) is 1.89. The van der Waals surface area contributed by atoms with Gasteiger partial charge in [-0.05, 0) is 70.6 Å². The minimum absolute atomic E-state index is 0.00331. The summed E-state index contributed by atoms with van der Waals surface area (Å²) < 4.78 is 19.9. The highest BCUT2D eigenvalue weighted by Crippen LogP contribution is 2.37. The smallest absolute Gasteiger partial charge is 0.121 e. The number of hydrogen-bond acceptors (Lipinski definition) is 2. The SMILES string of the molecule is COc1ccc(CC[C@H]2CC(C)(C)NC(C)(C)[C@H]2F)cc1. The van der Waals surface area contributed by atoms with Gasteiger partial charge >= 0.3 is 0 Å². The number of aryl methyl sites for hydroxylation is 1. The average Bonchev–Trinajstić information content (AvgIpc) is 2.40. The Hall–Kier alpha value is -1.09. The van der Waals surface area contributed by atoms with E-state index >= 15 is 0 Å². The molecule has 0 spiro atoms. The van der Waals surface area contributed by atoms with Crippen LogP contribution in [0.5, 0.6) is 5.75 Å². The van der Waals surface area contributed by atoms with Gasteiger partial charge in [-0.1, -0.05) is 12.1 Å². The number of alkyl halides is 1. The fraction of sp³-hybridized carbons (Fsp3) is 0.667. The molecule has 0 saturated carbocycles. The van der Waals surface area contributed by atoms with Gasteiger partial charge in [-0.15, -0.1) is 0 Å². The molecule has 21 heavy (non-hydrogen) atoms. The van der Waals surface area contributed by atoms with Crippen LogP contribution in [0.2, 0.25) is 0 Å². The van der Waals surface area contributed by atoms with Crippen molar-refractivity contribution in [2.24, 2.45) is 5.92 Å². The lowest BCUT2D eigenvalue weighted by molar-refractivity contribution is 0.0205. The van der Waals surface area contributed by atoms with Crippen LogP contribution in [0.3, 0.4) is 0 Å². The molecule has 1 aliphatic rings. The van der Waals surface area contributed by atoms with Gasteiger partial charge in [0, 0.05) is 11.1 Å². The van der Waals surface area contributed by atoms with Crippen LogP contribution in [0, 0.1) is 5.92 Å². The number of halogens is 1. The third-order valence-corrected chi connectivity index (χ3v) is 4.50. The summed E-state index contributed by atoms with van der Waals surface area (Å²) in [6.45, 7) is 8.28. The summed E-state index contributed by atoms with van der Waals surface area (Å²) in [6, 6.07) is 8.09. The maximum absolute atomic E-state index is 14.7. The maximum atomic E-state index is 14.7. The van der Waals surface area contributed by atoms with E-state index in [0.717, 1.165) is 25.0 Å². The van der Waals surface area contributed by atoms with Crippen molar-refractivity contribution in [3.8, 4) is 5.75 Å². The molecule has 2 nitrogen and oxygen atoms in total. The number of nitrogens with one attached hydrogen (secondary N) is 1. The third-order valence-electron chi connectivity index (χ3n) is 4.50. The second-order valence-electron chi connectivity index (χ2n) is 7.48. The molecule has 0 aromatic heterocycles. The Labute approximate surface area is 128 Å². The van der Waals surface area contributed by atoms with Gasteiger partial charge in [0.25, 0.3) is 0 Å². The van der Waals surface area contributed by atoms with E-state index in [-0.39, 0.29) is 11.5 Å². The van der Waals surface area contributed by atoms with Gasteiger partial charge in [-0.3, -0.25) is 0 Å². The van der Waals surface area contributed by atoms with Gasteiger partial charge in [0.2, 0.25) is 0 Å². The molecule has 0 bridgehead atoms. The van der Waals surface area contributed by atoms with Crippen LogP contribution >= 0.6 is 0 Å². The lowest BCUT2D eigenvalue weighted by Gasteiger charge is -2.49. The van der Waals surface area contributed by atoms with Crippen LogP contribution in [0.1, 0.15) is 46.1 Å². The molecule has 1 aliphatic heterocycles. The van der Waals surface area contributed by atoms with E-state index < -0.39 is 11.7 Å². The summed E-state index contributed by atoms with van der Waals surface area (Å²) in [5.41, 5.74) is 0.792. The maximum Gasteiger partial charge on any atom is 0.121 e. The Morgan fingerprint density at radius 3 is 2.38 bits per heavy atom. The van der Waals surface area contributed by atoms with Crippen LogP contribution in [0.15, 0.2) is 24.3 Å². The highest BCUT2D eigenvalue weighted by Gasteiger charge is 2.45. The Balaban J connectivity index is 2.00. The molecular weight excluding hydrogens is 265 g/mol. The molecule has 2 atom stereocenters. The van der Waals surface area contributed by atoms with E-state index in [2.05, 4.69) is 31.3 Å². The molecule has 3 heteroatoms. The first-order chi connectivity index (χ1) is 9.73. The number of ether oxygens (including phenoxy) is 1.